The molecule has 1 aromatic heterocycles. The Labute approximate surface area is 175 Å². The Morgan fingerprint density at radius 3 is 2.70 bits per heavy atom. The van der Waals surface area contributed by atoms with Crippen molar-refractivity contribution in [1.82, 2.24) is 19.6 Å². The molecule has 16 heteroatoms. The Morgan fingerprint density at radius 1 is 1.40 bits per heavy atom. The molecule has 2 atom stereocenters. The Kier molecular flexibility index (Phi) is 6.06. The fourth-order valence-corrected chi connectivity index (χ4v) is 4.37. The molecule has 2 amide bonds. The summed E-state index contributed by atoms with van der Waals surface area (Å²) in [4.78, 5) is 56.7. The van der Waals surface area contributed by atoms with E-state index in [0.717, 1.165) is 16.4 Å². The van der Waals surface area contributed by atoms with Gasteiger partial charge in [0.1, 0.15) is 17.2 Å². The number of carbonyl (C=O) groups is 4. The van der Waals surface area contributed by atoms with E-state index in [1.165, 1.54) is 18.9 Å². The van der Waals surface area contributed by atoms with E-state index < -0.39 is 47.5 Å². The number of hydrogen-bond acceptors (Lipinski definition) is 12. The van der Waals surface area contributed by atoms with Gasteiger partial charge < -0.3 is 30.8 Å². The van der Waals surface area contributed by atoms with Gasteiger partial charge in [0.2, 0.25) is 18.1 Å². The van der Waals surface area contributed by atoms with Crippen molar-refractivity contribution in [3.05, 3.63) is 17.3 Å². The second-order valence-corrected chi connectivity index (χ2v) is 7.59. The first kappa shape index (κ1) is 21.3. The van der Waals surface area contributed by atoms with Gasteiger partial charge in [-0.3, -0.25) is 14.5 Å². The number of amides is 2. The molecule has 3 rings (SSSR count). The lowest BCUT2D eigenvalue weighted by Gasteiger charge is -2.48. The number of oxime groups is 1. The van der Waals surface area contributed by atoms with E-state index >= 15 is 0 Å². The zero-order chi connectivity index (χ0) is 22.0. The highest BCUT2D eigenvalue weighted by Crippen LogP contribution is 2.40. The summed E-state index contributed by atoms with van der Waals surface area (Å²) in [6, 6.07) is -1.06. The lowest BCUT2D eigenvalue weighted by Crippen LogP contribution is -2.71. The molecule has 14 nitrogen and oxygen atoms in total. The summed E-state index contributed by atoms with van der Waals surface area (Å²) >= 11 is 1.97. The van der Waals surface area contributed by atoms with Crippen LogP contribution >= 0.6 is 23.3 Å². The van der Waals surface area contributed by atoms with Crippen LogP contribution in [0.4, 0.5) is 5.13 Å². The second-order valence-electron chi connectivity index (χ2n) is 5.71. The second kappa shape index (κ2) is 8.54. The summed E-state index contributed by atoms with van der Waals surface area (Å²) < 4.78 is 8.86. The van der Waals surface area contributed by atoms with Crippen molar-refractivity contribution in [2.75, 3.05) is 25.2 Å². The number of anilines is 1. The lowest BCUT2D eigenvalue weighted by molar-refractivity contribution is -0.150. The zero-order valence-electron chi connectivity index (χ0n) is 15.1. The monoisotopic (exact) mass is 458 g/mol. The number of carboxylic acid groups (broad SMARTS) is 2. The zero-order valence-corrected chi connectivity index (χ0v) is 16.7. The number of nitrogens with one attached hydrogen (secondary N) is 1. The molecule has 1 saturated heterocycles. The quantitative estimate of drug-likeness (QED) is 0.195. The number of thioether (sulfide) groups is 1. The molecule has 160 valence electrons. The highest BCUT2D eigenvalue weighted by atomic mass is 32.2. The Hall–Kier alpha value is -3.40. The molecule has 2 aliphatic rings. The minimum Gasteiger partial charge on any atom is -0.498 e. The van der Waals surface area contributed by atoms with E-state index in [9.17, 15) is 24.3 Å². The van der Waals surface area contributed by atoms with Gasteiger partial charge in [0.05, 0.1) is 12.9 Å². The summed E-state index contributed by atoms with van der Waals surface area (Å²) in [7, 11) is 1.30. The molecule has 1 unspecified atom stereocenters. The van der Waals surface area contributed by atoms with Gasteiger partial charge in [0.25, 0.3) is 11.8 Å². The fourth-order valence-electron chi connectivity index (χ4n) is 2.62. The van der Waals surface area contributed by atoms with E-state index in [0.29, 0.717) is 0 Å². The molecule has 0 saturated carbocycles. The van der Waals surface area contributed by atoms with Crippen LogP contribution in [0.25, 0.3) is 0 Å². The van der Waals surface area contributed by atoms with Crippen LogP contribution in [0.2, 0.25) is 0 Å². The predicted octanol–water partition coefficient (Wildman–Crippen LogP) is -1.73. The van der Waals surface area contributed by atoms with Crippen LogP contribution in [0, 0.1) is 0 Å². The van der Waals surface area contributed by atoms with Crippen LogP contribution < -0.4 is 11.1 Å². The highest BCUT2D eigenvalue weighted by molar-refractivity contribution is 8.00. The largest absolute Gasteiger partial charge is 0.498 e. The Bertz CT molecular complexity index is 975. The Morgan fingerprint density at radius 2 is 2.13 bits per heavy atom. The van der Waals surface area contributed by atoms with Gasteiger partial charge in [-0.15, -0.1) is 11.8 Å². The lowest BCUT2D eigenvalue weighted by atomic mass is 10.0. The maximum absolute atomic E-state index is 12.7. The third kappa shape index (κ3) is 3.99. The van der Waals surface area contributed by atoms with Gasteiger partial charge in [-0.2, -0.15) is 9.36 Å². The number of nitrogens with two attached hydrogens (primary N) is 1. The average Bonchev–Trinajstić information content (AvgIpc) is 3.13. The van der Waals surface area contributed by atoms with E-state index in [2.05, 4.69) is 24.7 Å². The fraction of sp³-hybridized carbons (Fsp3) is 0.357. The predicted molar refractivity (Wildman–Crippen MR) is 101 cm³/mol. The number of nitrogens with zero attached hydrogens (tertiary/aromatic N) is 4. The number of ether oxygens (including phenoxy) is 1. The van der Waals surface area contributed by atoms with Crippen molar-refractivity contribution in [3.8, 4) is 0 Å². The molecule has 2 aliphatic heterocycles. The van der Waals surface area contributed by atoms with Crippen LogP contribution in [0.15, 0.2) is 16.6 Å². The van der Waals surface area contributed by atoms with Gasteiger partial charge in [0, 0.05) is 11.5 Å². The van der Waals surface area contributed by atoms with Gasteiger partial charge in [0.15, 0.2) is 10.8 Å². The maximum Gasteiger partial charge on any atom is 0.356 e. The van der Waals surface area contributed by atoms with Crippen LogP contribution in [0.5, 0.6) is 0 Å². The summed E-state index contributed by atoms with van der Waals surface area (Å²) in [5, 5.41) is 23.3. The van der Waals surface area contributed by atoms with E-state index in [1.54, 1.807) is 0 Å². The van der Waals surface area contributed by atoms with Crippen molar-refractivity contribution >= 4 is 57.9 Å². The van der Waals surface area contributed by atoms with Crippen molar-refractivity contribution in [2.45, 2.75) is 11.4 Å². The van der Waals surface area contributed by atoms with Crippen LogP contribution in [0.3, 0.4) is 0 Å². The Balaban J connectivity index is 1.79. The van der Waals surface area contributed by atoms with E-state index in [-0.39, 0.29) is 28.2 Å². The number of fused-ring (bicyclic) bond motifs is 1. The third-order valence-corrected chi connectivity index (χ3v) is 5.68. The number of aromatic nitrogens is 2. The van der Waals surface area contributed by atoms with Crippen molar-refractivity contribution in [3.63, 3.8) is 0 Å². The van der Waals surface area contributed by atoms with E-state index in [4.69, 9.17) is 15.6 Å². The molecule has 30 heavy (non-hydrogen) atoms. The minimum absolute atomic E-state index is 0.0285. The number of aliphatic carboxylic acids is 2. The molecule has 0 radical (unpaired) electrons. The number of carboxylic acids is 2. The standard InChI is InChI=1S/C14H14N6O8S2/c1-27-4-3-29-12-7(11(24)20(12)8(4)13(25)26)16-10(23)6(18-28-2-5(21)22)9-17-14(15)30-19-9/h7,12H,2-3H2,1H3,(H,16,23)(H,21,22)(H,25,26)(H2,15,17,19)/b18-6-/t7?,12-/m1/s1. The molecule has 0 spiro atoms. The van der Waals surface area contributed by atoms with Gasteiger partial charge >= 0.3 is 11.9 Å². The topological polar surface area (TPSA) is 207 Å². The first-order chi connectivity index (χ1) is 14.2. The van der Waals surface area contributed by atoms with Crippen LogP contribution in [-0.4, -0.2) is 84.8 Å². The van der Waals surface area contributed by atoms with Gasteiger partial charge in [-0.05, 0) is 0 Å². The average molecular weight is 458 g/mol. The molecule has 0 bridgehead atoms. The number of β-lactam (4-membered cyclic amide) rings is 1. The maximum atomic E-state index is 12.7. The molecular formula is C14H14N6O8S2. The first-order valence-corrected chi connectivity index (χ1v) is 9.84. The van der Waals surface area contributed by atoms with Crippen molar-refractivity contribution in [1.29, 1.82) is 0 Å². The molecule has 1 fully saturated rings. The number of hydrogen-bond donors (Lipinski definition) is 4. The molecule has 5 N–H and O–H groups in total. The SMILES string of the molecule is COC1=C(C(=O)O)N2C(=O)C(NC(=O)/C(=N\OCC(=O)O)c3nsc(N)n3)[C@H]2SC1. The number of carbonyl (C=O) groups excluding carboxylic acids is 2. The van der Waals surface area contributed by atoms with Crippen LogP contribution in [0.1, 0.15) is 5.82 Å². The van der Waals surface area contributed by atoms with Crippen molar-refractivity contribution in [2.24, 2.45) is 5.16 Å². The molecule has 0 aliphatic carbocycles. The molecule has 3 heterocycles. The minimum atomic E-state index is -1.33. The van der Waals surface area contributed by atoms with E-state index in [1.807, 2.05) is 0 Å². The number of rotatable bonds is 8. The molecule has 0 aromatic carbocycles. The van der Waals surface area contributed by atoms with Gasteiger partial charge in [-0.1, -0.05) is 5.16 Å². The normalized spacial score (nSPS) is 20.9. The van der Waals surface area contributed by atoms with Crippen molar-refractivity contribution < 1.29 is 39.0 Å². The summed E-state index contributed by atoms with van der Waals surface area (Å²) in [5.41, 5.74) is 4.73. The summed E-state index contributed by atoms with van der Waals surface area (Å²) in [6.07, 6.45) is 0. The third-order valence-electron chi connectivity index (χ3n) is 3.88. The first-order valence-electron chi connectivity index (χ1n) is 8.01. The number of methoxy groups -OCH3 is 1. The van der Waals surface area contributed by atoms with Gasteiger partial charge in [-0.25, -0.2) is 9.59 Å². The highest BCUT2D eigenvalue weighted by Gasteiger charge is 2.55. The number of nitrogen functional groups attached to an aromatic ring is 1. The summed E-state index contributed by atoms with van der Waals surface area (Å²) in [6.45, 7) is -0.822. The molecule has 1 aromatic rings. The van der Waals surface area contributed by atoms with Crippen LogP contribution in [-0.2, 0) is 28.8 Å². The smallest absolute Gasteiger partial charge is 0.356 e. The summed E-state index contributed by atoms with van der Waals surface area (Å²) in [5.74, 6) is -4.14. The molecular weight excluding hydrogens is 444 g/mol.